The van der Waals surface area contributed by atoms with Gasteiger partial charge in [-0.05, 0) is 0 Å². The highest BCUT2D eigenvalue weighted by Crippen LogP contribution is 2.01. The molecule has 8 heteroatoms. The van der Waals surface area contributed by atoms with Crippen LogP contribution in [0.5, 0.6) is 0 Å². The molecule has 0 atom stereocenters. The lowest BCUT2D eigenvalue weighted by Gasteiger charge is -2.26. The molecule has 0 radical (unpaired) electrons. The van der Waals surface area contributed by atoms with E-state index in [4.69, 9.17) is 14.9 Å². The van der Waals surface area contributed by atoms with Crippen molar-refractivity contribution in [2.45, 2.75) is 12.5 Å². The van der Waals surface area contributed by atoms with Crippen molar-refractivity contribution in [3.63, 3.8) is 0 Å². The zero-order chi connectivity index (χ0) is 13.5. The van der Waals surface area contributed by atoms with Crippen LogP contribution in [0, 0.1) is 0 Å². The normalized spacial score (nSPS) is 16.5. The summed E-state index contributed by atoms with van der Waals surface area (Å²) in [5.41, 5.74) is 0. The van der Waals surface area contributed by atoms with Gasteiger partial charge in [0.25, 0.3) is 6.10 Å². The molecule has 1 aliphatic heterocycles. The Kier molecular flexibility index (Phi) is 5.53. The lowest BCUT2D eigenvalue weighted by molar-refractivity contribution is -0.175. The Labute approximate surface area is 103 Å². The summed E-state index contributed by atoms with van der Waals surface area (Å²) in [5, 5.41) is 17.0. The van der Waals surface area contributed by atoms with Gasteiger partial charge in [0.1, 0.15) is 0 Å². The highest BCUT2D eigenvalue weighted by Gasteiger charge is 2.30. The van der Waals surface area contributed by atoms with Gasteiger partial charge in [-0.1, -0.05) is 0 Å². The average molecular weight is 261 g/mol. The van der Waals surface area contributed by atoms with E-state index in [-0.39, 0.29) is 6.42 Å². The zero-order valence-electron chi connectivity index (χ0n) is 9.70. The minimum atomic E-state index is -2.14. The SMILES string of the molecule is O=C(CCN1CCOCC1)OC(C(=O)O)C(=O)O. The third-order valence-corrected chi connectivity index (χ3v) is 2.43. The molecule has 0 unspecified atom stereocenters. The number of rotatable bonds is 6. The van der Waals surface area contributed by atoms with Crippen molar-refractivity contribution < 1.29 is 34.1 Å². The van der Waals surface area contributed by atoms with E-state index >= 15 is 0 Å². The Morgan fingerprint density at radius 2 is 1.72 bits per heavy atom. The van der Waals surface area contributed by atoms with Crippen molar-refractivity contribution in [1.82, 2.24) is 4.90 Å². The van der Waals surface area contributed by atoms with Gasteiger partial charge >= 0.3 is 17.9 Å². The van der Waals surface area contributed by atoms with Crippen LogP contribution in [0.4, 0.5) is 0 Å². The molecule has 18 heavy (non-hydrogen) atoms. The van der Waals surface area contributed by atoms with Crippen molar-refractivity contribution in [3.05, 3.63) is 0 Å². The maximum absolute atomic E-state index is 11.3. The Balaban J connectivity index is 2.31. The maximum Gasteiger partial charge on any atom is 0.356 e. The first-order chi connectivity index (χ1) is 8.50. The fourth-order valence-electron chi connectivity index (χ4n) is 1.47. The summed E-state index contributed by atoms with van der Waals surface area (Å²) in [5.74, 6) is -4.22. The molecule has 0 aromatic heterocycles. The van der Waals surface area contributed by atoms with Crippen LogP contribution in [0.2, 0.25) is 0 Å². The molecule has 0 saturated carbocycles. The lowest BCUT2D eigenvalue weighted by atomic mass is 10.3. The average Bonchev–Trinajstić information content (AvgIpc) is 2.34. The van der Waals surface area contributed by atoms with Crippen molar-refractivity contribution in [2.24, 2.45) is 0 Å². The van der Waals surface area contributed by atoms with Crippen LogP contribution < -0.4 is 0 Å². The third-order valence-electron chi connectivity index (χ3n) is 2.43. The number of ether oxygens (including phenoxy) is 2. The molecule has 0 spiro atoms. The van der Waals surface area contributed by atoms with E-state index in [1.807, 2.05) is 4.90 Å². The van der Waals surface area contributed by atoms with Gasteiger partial charge in [0.15, 0.2) is 0 Å². The smallest absolute Gasteiger partial charge is 0.356 e. The van der Waals surface area contributed by atoms with Crippen molar-refractivity contribution in [2.75, 3.05) is 32.8 Å². The largest absolute Gasteiger partial charge is 0.478 e. The molecule has 0 aliphatic carbocycles. The van der Waals surface area contributed by atoms with E-state index < -0.39 is 24.0 Å². The van der Waals surface area contributed by atoms with Crippen LogP contribution in [0.15, 0.2) is 0 Å². The van der Waals surface area contributed by atoms with Crippen LogP contribution >= 0.6 is 0 Å². The Bertz CT molecular complexity index is 310. The minimum absolute atomic E-state index is 0.0446. The molecule has 1 saturated heterocycles. The van der Waals surface area contributed by atoms with Crippen LogP contribution in [0.25, 0.3) is 0 Å². The second-order valence-electron chi connectivity index (χ2n) is 3.75. The number of carboxylic acid groups (broad SMARTS) is 2. The van der Waals surface area contributed by atoms with Crippen LogP contribution in [-0.4, -0.2) is 72.0 Å². The first-order valence-corrected chi connectivity index (χ1v) is 5.46. The van der Waals surface area contributed by atoms with E-state index in [1.165, 1.54) is 0 Å². The molecule has 8 nitrogen and oxygen atoms in total. The Hall–Kier alpha value is -1.67. The van der Waals surface area contributed by atoms with E-state index in [1.54, 1.807) is 0 Å². The fourth-order valence-corrected chi connectivity index (χ4v) is 1.47. The highest BCUT2D eigenvalue weighted by molar-refractivity contribution is 5.97. The van der Waals surface area contributed by atoms with Gasteiger partial charge in [-0.2, -0.15) is 0 Å². The molecule has 1 heterocycles. The molecule has 0 aromatic rings. The van der Waals surface area contributed by atoms with E-state index in [0.717, 1.165) is 0 Å². The van der Waals surface area contributed by atoms with E-state index in [9.17, 15) is 14.4 Å². The molecular weight excluding hydrogens is 246 g/mol. The maximum atomic E-state index is 11.3. The number of nitrogens with zero attached hydrogens (tertiary/aromatic N) is 1. The first kappa shape index (κ1) is 14.4. The summed E-state index contributed by atoms with van der Waals surface area (Å²) in [6.45, 7) is 2.95. The van der Waals surface area contributed by atoms with Crippen molar-refractivity contribution in [1.29, 1.82) is 0 Å². The predicted molar refractivity (Wildman–Crippen MR) is 57.0 cm³/mol. The van der Waals surface area contributed by atoms with Crippen LogP contribution in [0.1, 0.15) is 6.42 Å². The Morgan fingerprint density at radius 3 is 2.22 bits per heavy atom. The number of carbonyl (C=O) groups is 3. The van der Waals surface area contributed by atoms with Crippen molar-refractivity contribution in [3.8, 4) is 0 Å². The quantitative estimate of drug-likeness (QED) is 0.452. The molecule has 0 bridgehead atoms. The predicted octanol–water partition coefficient (Wildman–Crippen LogP) is -1.21. The first-order valence-electron chi connectivity index (χ1n) is 5.46. The van der Waals surface area contributed by atoms with Crippen LogP contribution in [0.3, 0.4) is 0 Å². The summed E-state index contributed by atoms with van der Waals surface area (Å²) < 4.78 is 9.49. The number of carbonyl (C=O) groups excluding carboxylic acids is 1. The molecular formula is C10H15NO7. The van der Waals surface area contributed by atoms with Gasteiger partial charge < -0.3 is 19.7 Å². The van der Waals surface area contributed by atoms with E-state index in [0.29, 0.717) is 32.8 Å². The van der Waals surface area contributed by atoms with Gasteiger partial charge in [-0.3, -0.25) is 9.69 Å². The number of esters is 1. The fraction of sp³-hybridized carbons (Fsp3) is 0.700. The summed E-state index contributed by atoms with van der Waals surface area (Å²) in [6.07, 6.45) is -2.18. The molecule has 1 fully saturated rings. The van der Waals surface area contributed by atoms with Crippen LogP contribution in [-0.2, 0) is 23.9 Å². The number of hydrogen-bond acceptors (Lipinski definition) is 6. The number of hydrogen-bond donors (Lipinski definition) is 2. The standard InChI is InChI=1S/C10H15NO7/c12-7(18-8(9(13)14)10(15)16)1-2-11-3-5-17-6-4-11/h8H,1-6H2,(H,13,14)(H,15,16). The summed E-state index contributed by atoms with van der Waals surface area (Å²) in [6, 6.07) is 0. The number of carboxylic acids is 2. The number of morpholine rings is 1. The summed E-state index contributed by atoms with van der Waals surface area (Å²) in [7, 11) is 0. The van der Waals surface area contributed by atoms with Gasteiger partial charge in [0, 0.05) is 19.6 Å². The van der Waals surface area contributed by atoms with Crippen molar-refractivity contribution >= 4 is 17.9 Å². The molecule has 0 aromatic carbocycles. The van der Waals surface area contributed by atoms with E-state index in [2.05, 4.69) is 4.74 Å². The molecule has 2 N–H and O–H groups in total. The third kappa shape index (κ3) is 4.68. The second kappa shape index (κ2) is 6.92. The molecule has 1 rings (SSSR count). The molecule has 1 aliphatic rings. The topological polar surface area (TPSA) is 113 Å². The Morgan fingerprint density at radius 1 is 1.17 bits per heavy atom. The lowest BCUT2D eigenvalue weighted by Crippen LogP contribution is -2.39. The second-order valence-corrected chi connectivity index (χ2v) is 3.75. The van der Waals surface area contributed by atoms with Gasteiger partial charge in [-0.15, -0.1) is 0 Å². The van der Waals surface area contributed by atoms with Gasteiger partial charge in [0.05, 0.1) is 19.6 Å². The summed E-state index contributed by atoms with van der Waals surface area (Å²) >= 11 is 0. The number of aliphatic carboxylic acids is 2. The highest BCUT2D eigenvalue weighted by atomic mass is 16.6. The van der Waals surface area contributed by atoms with Gasteiger partial charge in [-0.25, -0.2) is 9.59 Å². The van der Waals surface area contributed by atoms with Gasteiger partial charge in [0.2, 0.25) is 0 Å². The minimum Gasteiger partial charge on any atom is -0.478 e. The zero-order valence-corrected chi connectivity index (χ0v) is 9.70. The monoisotopic (exact) mass is 261 g/mol. The molecule has 0 amide bonds. The molecule has 102 valence electrons. The summed E-state index contributed by atoms with van der Waals surface area (Å²) in [4.78, 5) is 34.3.